The maximum atomic E-state index is 2.52. The van der Waals surface area contributed by atoms with Crippen LogP contribution in [0.5, 0.6) is 0 Å². The van der Waals surface area contributed by atoms with Crippen molar-refractivity contribution in [3.8, 4) is 44.5 Å². The van der Waals surface area contributed by atoms with E-state index in [0.717, 1.165) is 17.1 Å². The van der Waals surface area contributed by atoms with Crippen molar-refractivity contribution in [1.29, 1.82) is 0 Å². The predicted molar refractivity (Wildman–Crippen MR) is 324 cm³/mol. The highest BCUT2D eigenvalue weighted by molar-refractivity contribution is 7.22. The van der Waals surface area contributed by atoms with Gasteiger partial charge < -0.3 is 4.90 Å². The highest BCUT2D eigenvalue weighted by Gasteiger charge is 2.49. The second-order valence-electron chi connectivity index (χ2n) is 21.2. The van der Waals surface area contributed by atoms with Crippen LogP contribution >= 0.6 is 0 Å². The van der Waals surface area contributed by atoms with E-state index in [9.17, 15) is 0 Å². The van der Waals surface area contributed by atoms with Crippen molar-refractivity contribution in [2.24, 2.45) is 0 Å². The van der Waals surface area contributed by atoms with Crippen molar-refractivity contribution in [3.63, 3.8) is 0 Å². The van der Waals surface area contributed by atoms with Crippen LogP contribution in [0.3, 0.4) is 0 Å². The summed E-state index contributed by atoms with van der Waals surface area (Å²) in [4.78, 5) is 2.51. The summed E-state index contributed by atoms with van der Waals surface area (Å²) in [6, 6.07) is 114. The maximum Gasteiger partial charge on any atom is 0.180 e. The van der Waals surface area contributed by atoms with Crippen LogP contribution in [-0.4, -0.2) is 8.07 Å². The molecule has 12 aromatic rings. The summed E-state index contributed by atoms with van der Waals surface area (Å²) in [6.45, 7) is 2.40. The third-order valence-electron chi connectivity index (χ3n) is 17.5. The minimum absolute atomic E-state index is 0.284. The molecule has 12 aromatic carbocycles. The van der Waals surface area contributed by atoms with E-state index in [2.05, 4.69) is 315 Å². The summed E-state index contributed by atoms with van der Waals surface area (Å²) in [5.41, 5.74) is 21.8. The van der Waals surface area contributed by atoms with Crippen molar-refractivity contribution < 1.29 is 0 Å². The minimum Gasteiger partial charge on any atom is -0.310 e. The number of rotatable bonds is 9. The van der Waals surface area contributed by atoms with E-state index in [1.807, 2.05) is 0 Å². The van der Waals surface area contributed by atoms with E-state index >= 15 is 0 Å². The fourth-order valence-corrected chi connectivity index (χ4v) is 19.4. The SMILES string of the molecule is CC1(c2ccccc2)c2ccccc2-c2ccc(-c3ccc(N(c4cccc(C5(c6ccccc6)c6ccccc6-c6ccccc65)c4)c4cccc([Si]5(c6ccccc6)c6ccccc6-c6ccccc65)c4)cc3)cc21. The first kappa shape index (κ1) is 45.1. The molecule has 0 amide bonds. The van der Waals surface area contributed by atoms with Gasteiger partial charge in [0, 0.05) is 22.5 Å². The third kappa shape index (κ3) is 6.52. The Morgan fingerprint density at radius 3 is 1.34 bits per heavy atom. The summed E-state index contributed by atoms with van der Waals surface area (Å²) in [5.74, 6) is 0. The molecule has 0 saturated carbocycles. The number of anilines is 3. The molecule has 15 rings (SSSR count). The van der Waals surface area contributed by atoms with E-state index in [1.54, 1.807) is 0 Å². The summed E-state index contributed by atoms with van der Waals surface area (Å²) in [6.07, 6.45) is 0. The molecule has 1 aliphatic heterocycles. The summed E-state index contributed by atoms with van der Waals surface area (Å²) in [7, 11) is -2.82. The molecule has 2 heteroatoms. The van der Waals surface area contributed by atoms with Crippen molar-refractivity contribution in [1.82, 2.24) is 0 Å². The zero-order valence-electron chi connectivity index (χ0n) is 42.8. The smallest absolute Gasteiger partial charge is 0.180 e. The fourth-order valence-electron chi connectivity index (χ4n) is 14.2. The molecule has 1 nitrogen and oxygen atoms in total. The van der Waals surface area contributed by atoms with Crippen LogP contribution < -0.4 is 25.6 Å². The minimum atomic E-state index is -2.82. The lowest BCUT2D eigenvalue weighted by Crippen LogP contribution is -2.72. The van der Waals surface area contributed by atoms with Gasteiger partial charge >= 0.3 is 0 Å². The Morgan fingerprint density at radius 1 is 0.273 bits per heavy atom. The molecular weight excluding hydrogens is 943 g/mol. The van der Waals surface area contributed by atoms with Crippen molar-refractivity contribution in [3.05, 3.63) is 342 Å². The van der Waals surface area contributed by atoms with Crippen LogP contribution in [0.4, 0.5) is 17.1 Å². The predicted octanol–water partition coefficient (Wildman–Crippen LogP) is 15.9. The topological polar surface area (TPSA) is 3.24 Å². The number of hydrogen-bond donors (Lipinski definition) is 0. The second kappa shape index (κ2) is 17.6. The first-order valence-electron chi connectivity index (χ1n) is 27.0. The Balaban J connectivity index is 0.933. The van der Waals surface area contributed by atoms with Crippen LogP contribution in [0, 0.1) is 0 Å². The quantitative estimate of drug-likeness (QED) is 0.130. The molecule has 0 fully saturated rings. The van der Waals surface area contributed by atoms with Gasteiger partial charge in [-0.05, 0) is 154 Å². The molecule has 0 bridgehead atoms. The lowest BCUT2D eigenvalue weighted by molar-refractivity contribution is 0.714. The molecule has 0 saturated heterocycles. The van der Waals surface area contributed by atoms with Crippen LogP contribution in [0.2, 0.25) is 0 Å². The fraction of sp³-hybridized carbons (Fsp3) is 0.0400. The highest BCUT2D eigenvalue weighted by atomic mass is 28.3. The average molecular weight is 996 g/mol. The van der Waals surface area contributed by atoms with Gasteiger partial charge in [-0.3, -0.25) is 0 Å². The van der Waals surface area contributed by atoms with Gasteiger partial charge in [0.05, 0.1) is 5.41 Å². The van der Waals surface area contributed by atoms with Crippen LogP contribution in [0.1, 0.15) is 45.9 Å². The van der Waals surface area contributed by atoms with Gasteiger partial charge in [-0.1, -0.05) is 261 Å². The van der Waals surface area contributed by atoms with E-state index < -0.39 is 13.5 Å². The first-order valence-corrected chi connectivity index (χ1v) is 29.0. The van der Waals surface area contributed by atoms with Crippen molar-refractivity contribution in [2.75, 3.05) is 4.90 Å². The molecule has 1 heterocycles. The van der Waals surface area contributed by atoms with Gasteiger partial charge in [0.1, 0.15) is 0 Å². The average Bonchev–Trinajstić information content (AvgIpc) is 4.30. The molecule has 1 unspecified atom stereocenters. The first-order chi connectivity index (χ1) is 38.1. The third-order valence-corrected chi connectivity index (χ3v) is 22.4. The van der Waals surface area contributed by atoms with E-state index in [4.69, 9.17) is 0 Å². The summed E-state index contributed by atoms with van der Waals surface area (Å²) >= 11 is 0. The molecule has 2 aliphatic carbocycles. The van der Waals surface area contributed by atoms with Crippen LogP contribution in [0.15, 0.2) is 303 Å². The largest absolute Gasteiger partial charge is 0.310 e. The molecule has 77 heavy (non-hydrogen) atoms. The van der Waals surface area contributed by atoms with Gasteiger partial charge in [0.25, 0.3) is 0 Å². The molecule has 0 radical (unpaired) electrons. The Labute approximate surface area is 452 Å². The summed E-state index contributed by atoms with van der Waals surface area (Å²) in [5, 5.41) is 5.62. The molecular formula is C75H53NSi. The van der Waals surface area contributed by atoms with Gasteiger partial charge in [-0.25, -0.2) is 0 Å². The lowest BCUT2D eigenvalue weighted by Gasteiger charge is -2.35. The van der Waals surface area contributed by atoms with E-state index in [1.165, 1.54) is 104 Å². The Bertz CT molecular complexity index is 3960. The number of nitrogens with zero attached hydrogens (tertiary/aromatic N) is 1. The Kier molecular flexibility index (Phi) is 10.3. The van der Waals surface area contributed by atoms with Gasteiger partial charge in [0.15, 0.2) is 8.07 Å². The Hall–Kier alpha value is -9.34. The monoisotopic (exact) mass is 995 g/mol. The molecule has 0 spiro atoms. The maximum absolute atomic E-state index is 2.82. The molecule has 362 valence electrons. The van der Waals surface area contributed by atoms with E-state index in [-0.39, 0.29) is 5.41 Å². The van der Waals surface area contributed by atoms with Crippen molar-refractivity contribution >= 4 is 45.9 Å². The highest BCUT2D eigenvalue weighted by Crippen LogP contribution is 2.57. The number of benzene rings is 12. The van der Waals surface area contributed by atoms with Gasteiger partial charge in [0.2, 0.25) is 0 Å². The second-order valence-corrected chi connectivity index (χ2v) is 24.9. The van der Waals surface area contributed by atoms with E-state index in [0.29, 0.717) is 0 Å². The standard InChI is InChI=1S/C75H53NSi/c1-74(54-23-5-2-6-24-54)68-38-16-11-33-62(68)65-48-45-53(49-71(65)74)52-43-46-57(47-44-52)76(58-28-21-27-56(50-58)75(55-25-7-3-8-26-55)69-39-17-12-34-63(69)64-35-13-18-40-70(64)75)59-29-22-32-61(51-59)77(60-30-9-4-10-31-60)72-41-19-14-36-66(72)67-37-15-20-42-73(67)77/h2-51H,1H3. The lowest BCUT2D eigenvalue weighted by atomic mass is 9.67. The van der Waals surface area contributed by atoms with Crippen LogP contribution in [-0.2, 0) is 10.8 Å². The normalized spacial score (nSPS) is 15.6. The molecule has 3 aliphatic rings. The zero-order chi connectivity index (χ0) is 51.1. The zero-order valence-corrected chi connectivity index (χ0v) is 43.8. The molecule has 0 aromatic heterocycles. The van der Waals surface area contributed by atoms with Gasteiger partial charge in [-0.2, -0.15) is 0 Å². The van der Waals surface area contributed by atoms with Gasteiger partial charge in [-0.15, -0.1) is 0 Å². The van der Waals surface area contributed by atoms with Crippen molar-refractivity contribution in [2.45, 2.75) is 17.8 Å². The number of fused-ring (bicyclic) bond motifs is 9. The Morgan fingerprint density at radius 2 is 0.714 bits per heavy atom. The molecule has 1 atom stereocenters. The number of hydrogen-bond acceptors (Lipinski definition) is 1. The van der Waals surface area contributed by atoms with Crippen LogP contribution in [0.25, 0.3) is 44.5 Å². The summed E-state index contributed by atoms with van der Waals surface area (Å²) < 4.78 is 0. The molecule has 0 N–H and O–H groups in total.